The first-order chi connectivity index (χ1) is 50.2. The molecule has 0 heterocycles. The number of aliphatic hydroxyl groups excluding tert-OH is 2. The molecule has 18 heteroatoms. The molecule has 0 aromatic rings. The van der Waals surface area contributed by atoms with Gasteiger partial charge in [0.15, 0.2) is 6.10 Å². The van der Waals surface area contributed by atoms with E-state index < -0.39 is 91.5 Å². The largest absolute Gasteiger partial charge is 0.472 e. The SMILES string of the molecule is CC/C=C\C/C=C\C/C=C\CCCCCCCCCC(=O)OC(COC(=O)CCCCCCCCCCC/C=C\C/C=C\C/C=C\C/C=C\CCCCC)COP(=O)(O)OCC(O)COP(=O)(O)OCC(O)COC(=O)CCCCCCCCCCC/C=C\C/C=C\C/C=C\C/C=C\CCCCC. The van der Waals surface area contributed by atoms with Crippen LogP contribution in [0.4, 0.5) is 0 Å². The topological polar surface area (TPSA) is 231 Å². The van der Waals surface area contributed by atoms with Crippen molar-refractivity contribution in [3.63, 3.8) is 0 Å². The van der Waals surface area contributed by atoms with Gasteiger partial charge in [0.2, 0.25) is 0 Å². The van der Waals surface area contributed by atoms with Gasteiger partial charge in [-0.3, -0.25) is 32.5 Å². The van der Waals surface area contributed by atoms with Gasteiger partial charge in [-0.15, -0.1) is 0 Å². The summed E-state index contributed by atoms with van der Waals surface area (Å²) in [5, 5.41) is 20.7. The van der Waals surface area contributed by atoms with Crippen molar-refractivity contribution in [2.75, 3.05) is 39.6 Å². The van der Waals surface area contributed by atoms with Crippen molar-refractivity contribution in [3.05, 3.63) is 134 Å². The highest BCUT2D eigenvalue weighted by Crippen LogP contribution is 2.45. The van der Waals surface area contributed by atoms with Crippen LogP contribution in [-0.4, -0.2) is 95.9 Å². The predicted octanol–water partition coefficient (Wildman–Crippen LogP) is 23.9. The molecule has 5 unspecified atom stereocenters. The third-order valence-electron chi connectivity index (χ3n) is 16.8. The summed E-state index contributed by atoms with van der Waals surface area (Å²) in [5.41, 5.74) is 0. The van der Waals surface area contributed by atoms with Crippen LogP contribution in [0.1, 0.15) is 329 Å². The van der Waals surface area contributed by atoms with Crippen molar-refractivity contribution in [2.24, 2.45) is 0 Å². The molecule has 16 nitrogen and oxygen atoms in total. The zero-order valence-electron chi connectivity index (χ0n) is 64.7. The normalized spacial score (nSPS) is 14.7. The molecule has 0 radical (unpaired) electrons. The fourth-order valence-electron chi connectivity index (χ4n) is 10.7. The maximum atomic E-state index is 13.0. The Kier molecular flexibility index (Phi) is 74.1. The van der Waals surface area contributed by atoms with Crippen LogP contribution in [0, 0.1) is 0 Å². The Hall–Kier alpha value is -4.31. The maximum Gasteiger partial charge on any atom is 0.472 e. The van der Waals surface area contributed by atoms with Crippen LogP contribution in [0.15, 0.2) is 134 Å². The van der Waals surface area contributed by atoms with Crippen LogP contribution in [-0.2, 0) is 55.8 Å². The molecule has 0 aliphatic carbocycles. The highest BCUT2D eigenvalue weighted by Gasteiger charge is 2.29. The lowest BCUT2D eigenvalue weighted by Crippen LogP contribution is -2.30. The van der Waals surface area contributed by atoms with Gasteiger partial charge in [0.1, 0.15) is 25.4 Å². The number of hydrogen-bond acceptors (Lipinski definition) is 14. The smallest absolute Gasteiger partial charge is 0.463 e. The number of rotatable bonds is 76. The molecule has 0 saturated heterocycles. The lowest BCUT2D eigenvalue weighted by molar-refractivity contribution is -0.161. The number of aliphatic hydroxyl groups is 2. The average molecular weight is 1490 g/mol. The fraction of sp³-hybridized carbons (Fsp3) is 0.706. The quantitative estimate of drug-likeness (QED) is 0.0146. The summed E-state index contributed by atoms with van der Waals surface area (Å²) < 4.78 is 61.2. The Balaban J connectivity index is 4.64. The molecule has 592 valence electrons. The highest BCUT2D eigenvalue weighted by molar-refractivity contribution is 7.47. The Labute approximate surface area is 626 Å². The number of esters is 3. The molecule has 0 spiro atoms. The van der Waals surface area contributed by atoms with E-state index in [9.17, 15) is 43.5 Å². The molecule has 0 aliphatic rings. The maximum absolute atomic E-state index is 13.0. The van der Waals surface area contributed by atoms with E-state index in [1.54, 1.807) is 0 Å². The molecule has 0 aliphatic heterocycles. The lowest BCUT2D eigenvalue weighted by atomic mass is 10.1. The molecule has 4 N–H and O–H groups in total. The Morgan fingerprint density at radius 3 is 0.816 bits per heavy atom. The van der Waals surface area contributed by atoms with E-state index in [-0.39, 0.29) is 19.3 Å². The van der Waals surface area contributed by atoms with E-state index >= 15 is 0 Å². The lowest BCUT2D eigenvalue weighted by Gasteiger charge is -2.21. The van der Waals surface area contributed by atoms with Gasteiger partial charge in [0.05, 0.1) is 26.4 Å². The van der Waals surface area contributed by atoms with Crippen molar-refractivity contribution >= 4 is 33.6 Å². The number of phosphoric acid groups is 2. The minimum atomic E-state index is -4.94. The van der Waals surface area contributed by atoms with E-state index in [0.29, 0.717) is 19.3 Å². The predicted molar refractivity (Wildman–Crippen MR) is 426 cm³/mol. The second-order valence-corrected chi connectivity index (χ2v) is 29.7. The van der Waals surface area contributed by atoms with E-state index in [1.807, 2.05) is 0 Å². The van der Waals surface area contributed by atoms with Gasteiger partial charge in [0.25, 0.3) is 0 Å². The first kappa shape index (κ1) is 98.7. The second-order valence-electron chi connectivity index (χ2n) is 26.8. The number of carbonyl (C=O) groups is 3. The zero-order chi connectivity index (χ0) is 75.2. The number of hydrogen-bond donors (Lipinski definition) is 4. The molecule has 0 amide bonds. The van der Waals surface area contributed by atoms with Gasteiger partial charge in [-0.1, -0.05) is 302 Å². The van der Waals surface area contributed by atoms with Gasteiger partial charge in [-0.25, -0.2) is 9.13 Å². The summed E-state index contributed by atoms with van der Waals surface area (Å²) in [4.78, 5) is 58.7. The molecule has 5 atom stereocenters. The average Bonchev–Trinajstić information content (AvgIpc) is 0.936. The summed E-state index contributed by atoms with van der Waals surface area (Å²) in [6.07, 6.45) is 93.4. The van der Waals surface area contributed by atoms with Crippen LogP contribution < -0.4 is 0 Å². The van der Waals surface area contributed by atoms with Crippen LogP contribution >= 0.6 is 15.6 Å². The van der Waals surface area contributed by atoms with Crippen LogP contribution in [0.5, 0.6) is 0 Å². The fourth-order valence-corrected chi connectivity index (χ4v) is 12.3. The van der Waals surface area contributed by atoms with Crippen molar-refractivity contribution in [1.29, 1.82) is 0 Å². The summed E-state index contributed by atoms with van der Waals surface area (Å²) >= 11 is 0. The molecule has 0 fully saturated rings. The van der Waals surface area contributed by atoms with E-state index in [1.165, 1.54) is 103 Å². The van der Waals surface area contributed by atoms with Crippen LogP contribution in [0.2, 0.25) is 0 Å². The van der Waals surface area contributed by atoms with Crippen molar-refractivity contribution in [1.82, 2.24) is 0 Å². The Morgan fingerprint density at radius 1 is 0.282 bits per heavy atom. The molecule has 0 aromatic heterocycles. The molecule has 0 saturated carbocycles. The molecular weight excluding hydrogens is 1340 g/mol. The zero-order valence-corrected chi connectivity index (χ0v) is 66.5. The van der Waals surface area contributed by atoms with E-state index in [4.69, 9.17) is 32.3 Å². The first-order valence-electron chi connectivity index (χ1n) is 40.5. The molecule has 103 heavy (non-hydrogen) atoms. The summed E-state index contributed by atoms with van der Waals surface area (Å²) in [6, 6.07) is 0. The molecule has 0 rings (SSSR count). The van der Waals surface area contributed by atoms with Crippen molar-refractivity contribution in [3.8, 4) is 0 Å². The van der Waals surface area contributed by atoms with Gasteiger partial charge >= 0.3 is 33.6 Å². The summed E-state index contributed by atoms with van der Waals surface area (Å²) in [5.74, 6) is -1.59. The van der Waals surface area contributed by atoms with Crippen molar-refractivity contribution in [2.45, 2.75) is 347 Å². The van der Waals surface area contributed by atoms with E-state index in [0.717, 1.165) is 167 Å². The van der Waals surface area contributed by atoms with Crippen LogP contribution in [0.25, 0.3) is 0 Å². The third kappa shape index (κ3) is 78.6. The Bertz CT molecular complexity index is 2410. The summed E-state index contributed by atoms with van der Waals surface area (Å²) in [6.45, 7) is 2.51. The number of carbonyl (C=O) groups excluding carboxylic acids is 3. The van der Waals surface area contributed by atoms with Crippen LogP contribution in [0.3, 0.4) is 0 Å². The monoisotopic (exact) mass is 1490 g/mol. The summed E-state index contributed by atoms with van der Waals surface area (Å²) in [7, 11) is -9.80. The standard InChI is InChI=1S/C85H146O16P2/c1-4-7-10-13-16-19-22-25-28-31-33-35-37-39-41-43-45-48-50-53-56-59-62-65-68-71-83(88)95-74-80(86)75-97-102(91,92)98-76-81(87)77-99-103(93,94)100-79-82(101-85(90)73-70-67-64-61-58-55-52-47-30-27-24-21-18-15-12-9-6-3)78-96-84(89)72-69-66-63-60-57-54-51-49-46-44-42-40-38-36-34-32-29-26-23-20-17-14-11-8-5-2/h9,12,16-21,25-30,33-36,39-42,80-82,86-87H,4-8,10-11,13-15,22-24,31-32,37-38,43-79H2,1-3H3,(H,91,92)(H,93,94)/b12-9-,19-16-,20-17-,21-18-,28-25-,29-26-,30-27-,35-33-,36-34-,41-39-,42-40-. The van der Waals surface area contributed by atoms with Gasteiger partial charge in [-0.2, -0.15) is 0 Å². The van der Waals surface area contributed by atoms with Gasteiger partial charge < -0.3 is 34.2 Å². The molecular formula is C85H146O16P2. The highest BCUT2D eigenvalue weighted by atomic mass is 31.2. The second kappa shape index (κ2) is 77.3. The number of phosphoric ester groups is 2. The Morgan fingerprint density at radius 2 is 0.515 bits per heavy atom. The van der Waals surface area contributed by atoms with Gasteiger partial charge in [-0.05, 0) is 141 Å². The minimum absolute atomic E-state index is 0.0889. The van der Waals surface area contributed by atoms with Crippen molar-refractivity contribution < 1.29 is 75.8 Å². The number of ether oxygens (including phenoxy) is 3. The van der Waals surface area contributed by atoms with Gasteiger partial charge in [0, 0.05) is 19.3 Å². The third-order valence-corrected chi connectivity index (χ3v) is 18.7. The molecule has 0 aromatic carbocycles. The molecule has 0 bridgehead atoms. The number of unbranched alkanes of at least 4 members (excludes halogenated alkanes) is 31. The number of allylic oxidation sites excluding steroid dienone is 22. The first-order valence-corrected chi connectivity index (χ1v) is 43.5. The minimum Gasteiger partial charge on any atom is -0.463 e. The van der Waals surface area contributed by atoms with E-state index in [2.05, 4.69) is 154 Å².